The third-order valence-corrected chi connectivity index (χ3v) is 5.13. The highest BCUT2D eigenvalue weighted by molar-refractivity contribution is 14.1. The summed E-state index contributed by atoms with van der Waals surface area (Å²) in [5, 5.41) is 15.3. The van der Waals surface area contributed by atoms with E-state index in [2.05, 4.69) is 43.4 Å². The molecule has 0 saturated heterocycles. The summed E-state index contributed by atoms with van der Waals surface area (Å²) in [7, 11) is 0. The molecule has 0 spiro atoms. The highest BCUT2D eigenvalue weighted by Gasteiger charge is 2.13. The Morgan fingerprint density at radius 1 is 1.20 bits per heavy atom. The normalized spacial score (nSPS) is 10.7. The van der Waals surface area contributed by atoms with Crippen molar-refractivity contribution in [2.45, 2.75) is 19.0 Å². The Hall–Kier alpha value is -1.94. The Kier molecular flexibility index (Phi) is 5.69. The molecule has 1 heterocycles. The van der Waals surface area contributed by atoms with Crippen molar-refractivity contribution in [3.05, 3.63) is 57.2 Å². The Morgan fingerprint density at radius 2 is 1.96 bits per heavy atom. The second kappa shape index (κ2) is 7.96. The number of aryl methyl sites for hydroxylation is 2. The predicted octanol–water partition coefficient (Wildman–Crippen LogP) is 3.61. The molecule has 3 rings (SSSR count). The van der Waals surface area contributed by atoms with Gasteiger partial charge in [0.2, 0.25) is 11.1 Å². The van der Waals surface area contributed by atoms with Crippen molar-refractivity contribution in [1.82, 2.24) is 20.2 Å². The minimum absolute atomic E-state index is 0.0956. The van der Waals surface area contributed by atoms with Crippen LogP contribution in [-0.2, 0) is 4.79 Å². The quantitative estimate of drug-likeness (QED) is 0.461. The third kappa shape index (κ3) is 4.57. The first-order valence-corrected chi connectivity index (χ1v) is 9.63. The molecule has 0 fully saturated rings. The van der Waals surface area contributed by atoms with Gasteiger partial charge in [-0.15, -0.1) is 5.10 Å². The van der Waals surface area contributed by atoms with E-state index in [1.54, 1.807) is 4.68 Å². The molecule has 3 aromatic rings. The van der Waals surface area contributed by atoms with E-state index in [1.807, 2.05) is 56.3 Å². The molecular weight excluding hydrogens is 449 g/mol. The second-order valence-electron chi connectivity index (χ2n) is 5.51. The van der Waals surface area contributed by atoms with Crippen LogP contribution in [0.5, 0.6) is 0 Å². The van der Waals surface area contributed by atoms with Gasteiger partial charge in [-0.1, -0.05) is 23.9 Å². The van der Waals surface area contributed by atoms with E-state index in [1.165, 1.54) is 11.8 Å². The summed E-state index contributed by atoms with van der Waals surface area (Å²) in [6, 6.07) is 13.8. The molecule has 0 unspecified atom stereocenters. The number of amides is 1. The van der Waals surface area contributed by atoms with Crippen LogP contribution in [-0.4, -0.2) is 31.9 Å². The van der Waals surface area contributed by atoms with E-state index in [4.69, 9.17) is 0 Å². The Balaban J connectivity index is 1.68. The summed E-state index contributed by atoms with van der Waals surface area (Å²) in [5.41, 5.74) is 3.90. The predicted molar refractivity (Wildman–Crippen MR) is 107 cm³/mol. The fourth-order valence-electron chi connectivity index (χ4n) is 2.23. The minimum Gasteiger partial charge on any atom is -0.325 e. The van der Waals surface area contributed by atoms with Crippen molar-refractivity contribution in [3.63, 3.8) is 0 Å². The lowest BCUT2D eigenvalue weighted by molar-refractivity contribution is -0.113. The lowest BCUT2D eigenvalue weighted by atomic mass is 10.1. The molecule has 0 aliphatic rings. The molecule has 2 aromatic carbocycles. The standard InChI is InChI=1S/C17H16IN5OS/c1-11-3-4-12(2)15(9-11)23-17(20-21-22-23)25-10-16(24)19-14-7-5-13(18)6-8-14/h3-9H,10H2,1-2H3,(H,19,24). The molecule has 25 heavy (non-hydrogen) atoms. The molecule has 8 heteroatoms. The molecule has 1 N–H and O–H groups in total. The number of anilines is 1. The van der Waals surface area contributed by atoms with Crippen LogP contribution in [0.4, 0.5) is 5.69 Å². The van der Waals surface area contributed by atoms with Gasteiger partial charge in [0, 0.05) is 9.26 Å². The zero-order valence-corrected chi connectivity index (χ0v) is 16.7. The summed E-state index contributed by atoms with van der Waals surface area (Å²) in [6.07, 6.45) is 0. The summed E-state index contributed by atoms with van der Waals surface area (Å²) in [6.45, 7) is 4.03. The number of halogens is 1. The highest BCUT2D eigenvalue weighted by atomic mass is 127. The first kappa shape index (κ1) is 17.9. The molecule has 1 aromatic heterocycles. The van der Waals surface area contributed by atoms with Crippen LogP contribution in [0.25, 0.3) is 5.69 Å². The molecular formula is C17H16IN5OS. The maximum Gasteiger partial charge on any atom is 0.234 e. The van der Waals surface area contributed by atoms with E-state index in [-0.39, 0.29) is 11.7 Å². The van der Waals surface area contributed by atoms with E-state index in [0.717, 1.165) is 26.1 Å². The number of aromatic nitrogens is 4. The number of tetrazole rings is 1. The van der Waals surface area contributed by atoms with Gasteiger partial charge in [-0.05, 0) is 88.3 Å². The van der Waals surface area contributed by atoms with Gasteiger partial charge in [0.15, 0.2) is 0 Å². The highest BCUT2D eigenvalue weighted by Crippen LogP contribution is 2.22. The summed E-state index contributed by atoms with van der Waals surface area (Å²) < 4.78 is 2.79. The molecule has 0 radical (unpaired) electrons. The van der Waals surface area contributed by atoms with E-state index in [0.29, 0.717) is 5.16 Å². The maximum atomic E-state index is 12.1. The van der Waals surface area contributed by atoms with Gasteiger partial charge in [0.1, 0.15) is 0 Å². The van der Waals surface area contributed by atoms with Crippen LogP contribution in [0, 0.1) is 17.4 Å². The average molecular weight is 465 g/mol. The number of nitrogens with zero attached hydrogens (tertiary/aromatic N) is 4. The van der Waals surface area contributed by atoms with Crippen molar-refractivity contribution in [2.24, 2.45) is 0 Å². The van der Waals surface area contributed by atoms with Gasteiger partial charge in [-0.25, -0.2) is 0 Å². The number of thioether (sulfide) groups is 1. The van der Waals surface area contributed by atoms with Crippen LogP contribution >= 0.6 is 34.4 Å². The number of hydrogen-bond acceptors (Lipinski definition) is 5. The molecule has 0 aliphatic heterocycles. The molecule has 0 aliphatic carbocycles. The lowest BCUT2D eigenvalue weighted by Crippen LogP contribution is -2.14. The number of rotatable bonds is 5. The fraction of sp³-hybridized carbons (Fsp3) is 0.176. The fourth-order valence-corrected chi connectivity index (χ4v) is 3.27. The zero-order valence-electron chi connectivity index (χ0n) is 13.7. The van der Waals surface area contributed by atoms with Crippen molar-refractivity contribution in [1.29, 1.82) is 0 Å². The molecule has 128 valence electrons. The topological polar surface area (TPSA) is 72.7 Å². The van der Waals surface area contributed by atoms with E-state index < -0.39 is 0 Å². The van der Waals surface area contributed by atoms with Crippen molar-refractivity contribution < 1.29 is 4.79 Å². The first-order chi connectivity index (χ1) is 12.0. The van der Waals surface area contributed by atoms with Crippen molar-refractivity contribution >= 4 is 45.9 Å². The maximum absolute atomic E-state index is 12.1. The van der Waals surface area contributed by atoms with E-state index >= 15 is 0 Å². The summed E-state index contributed by atoms with van der Waals surface area (Å²) >= 11 is 3.53. The molecule has 0 bridgehead atoms. The smallest absolute Gasteiger partial charge is 0.234 e. The summed E-state index contributed by atoms with van der Waals surface area (Å²) in [5.74, 6) is 0.138. The Morgan fingerprint density at radius 3 is 2.72 bits per heavy atom. The van der Waals surface area contributed by atoms with Crippen molar-refractivity contribution in [3.8, 4) is 5.69 Å². The number of benzene rings is 2. The van der Waals surface area contributed by atoms with Crippen LogP contribution in [0.2, 0.25) is 0 Å². The molecule has 0 atom stereocenters. The molecule has 6 nitrogen and oxygen atoms in total. The van der Waals surface area contributed by atoms with Crippen molar-refractivity contribution in [2.75, 3.05) is 11.1 Å². The number of hydrogen-bond donors (Lipinski definition) is 1. The number of nitrogens with one attached hydrogen (secondary N) is 1. The third-order valence-electron chi connectivity index (χ3n) is 3.49. The Bertz CT molecular complexity index is 894. The van der Waals surface area contributed by atoms with Crippen LogP contribution in [0.3, 0.4) is 0 Å². The Labute approximate surface area is 163 Å². The average Bonchev–Trinajstić information content (AvgIpc) is 3.05. The number of carbonyl (C=O) groups excluding carboxylic acids is 1. The van der Waals surface area contributed by atoms with Gasteiger partial charge < -0.3 is 5.32 Å². The van der Waals surface area contributed by atoms with Gasteiger partial charge in [0.05, 0.1) is 11.4 Å². The van der Waals surface area contributed by atoms with Gasteiger partial charge in [0.25, 0.3) is 0 Å². The van der Waals surface area contributed by atoms with Gasteiger partial charge in [-0.3, -0.25) is 4.79 Å². The van der Waals surface area contributed by atoms with Crippen LogP contribution in [0.1, 0.15) is 11.1 Å². The molecule has 0 saturated carbocycles. The van der Waals surface area contributed by atoms with E-state index in [9.17, 15) is 4.79 Å². The SMILES string of the molecule is Cc1ccc(C)c(-n2nnnc2SCC(=O)Nc2ccc(I)cc2)c1. The van der Waals surface area contributed by atoms with Gasteiger partial charge >= 0.3 is 0 Å². The summed E-state index contributed by atoms with van der Waals surface area (Å²) in [4.78, 5) is 12.1. The first-order valence-electron chi connectivity index (χ1n) is 7.57. The number of carbonyl (C=O) groups is 1. The largest absolute Gasteiger partial charge is 0.325 e. The molecule has 1 amide bonds. The van der Waals surface area contributed by atoms with Gasteiger partial charge in [-0.2, -0.15) is 4.68 Å². The van der Waals surface area contributed by atoms with Crippen LogP contribution < -0.4 is 5.32 Å². The zero-order chi connectivity index (χ0) is 17.8. The van der Waals surface area contributed by atoms with Crippen LogP contribution in [0.15, 0.2) is 47.6 Å². The second-order valence-corrected chi connectivity index (χ2v) is 7.70. The minimum atomic E-state index is -0.0956. The monoisotopic (exact) mass is 465 g/mol. The lowest BCUT2D eigenvalue weighted by Gasteiger charge is -2.09.